The average Bonchev–Trinajstić information content (AvgIpc) is 3.49. The molecule has 0 radical (unpaired) electrons. The second-order valence-electron chi connectivity index (χ2n) is 18.1. The Kier molecular flexibility index (Phi) is 33.1. The minimum Gasteiger partial charge on any atom is -0.466 e. The molecular formula is C53H91NO6. The lowest BCUT2D eigenvalue weighted by Crippen LogP contribution is -2.30. The summed E-state index contributed by atoms with van der Waals surface area (Å²) < 4.78 is 11.5. The predicted molar refractivity (Wildman–Crippen MR) is 250 cm³/mol. The highest BCUT2D eigenvalue weighted by molar-refractivity contribution is 6.26. The summed E-state index contributed by atoms with van der Waals surface area (Å²) in [7, 11) is 0. The van der Waals surface area contributed by atoms with E-state index >= 15 is 0 Å². The Morgan fingerprint density at radius 3 is 1.38 bits per heavy atom. The summed E-state index contributed by atoms with van der Waals surface area (Å²) in [4.78, 5) is 53.7. The summed E-state index contributed by atoms with van der Waals surface area (Å²) in [5.74, 6) is -0.680. The lowest BCUT2D eigenvalue weighted by atomic mass is 9.99. The predicted octanol–water partition coefficient (Wildman–Crippen LogP) is 14.8. The standard InChI is InChI=1S/C53H91NO6/c1-4-7-10-13-16-25-34-45-59-50(55)39-28-21-17-23-32-42-54(44-41-49-52(57)47-37-30-31-38-48(47)53(49)58)43-33-24-18-22-29-40-51(56)60-46(35-26-19-14-11-8-5-2)36-27-20-15-12-9-6-3/h30-31,37-38,46,49H,4-29,32-36,39-45H2,1-3H3. The Morgan fingerprint density at radius 2 is 0.900 bits per heavy atom. The van der Waals surface area contributed by atoms with Crippen molar-refractivity contribution in [2.45, 2.75) is 245 Å². The number of carbonyl (C=O) groups is 4. The molecule has 1 aliphatic rings. The smallest absolute Gasteiger partial charge is 0.306 e. The number of ether oxygens (including phenoxy) is 2. The van der Waals surface area contributed by atoms with E-state index in [9.17, 15) is 19.2 Å². The van der Waals surface area contributed by atoms with Crippen LogP contribution in [0, 0.1) is 5.92 Å². The molecule has 0 unspecified atom stereocenters. The molecule has 7 nitrogen and oxygen atoms in total. The number of nitrogens with zero attached hydrogens (tertiary/aromatic N) is 1. The van der Waals surface area contributed by atoms with Gasteiger partial charge in [-0.15, -0.1) is 0 Å². The highest BCUT2D eigenvalue weighted by Crippen LogP contribution is 2.29. The van der Waals surface area contributed by atoms with Gasteiger partial charge in [0.15, 0.2) is 11.6 Å². The number of esters is 2. The van der Waals surface area contributed by atoms with Gasteiger partial charge in [-0.1, -0.05) is 186 Å². The third kappa shape index (κ3) is 26.1. The fourth-order valence-electron chi connectivity index (χ4n) is 8.72. The highest BCUT2D eigenvalue weighted by atomic mass is 16.5. The van der Waals surface area contributed by atoms with Crippen molar-refractivity contribution < 1.29 is 28.7 Å². The van der Waals surface area contributed by atoms with Crippen LogP contribution in [0.3, 0.4) is 0 Å². The third-order valence-corrected chi connectivity index (χ3v) is 12.6. The second kappa shape index (κ2) is 37.1. The number of hydrogen-bond donors (Lipinski definition) is 0. The van der Waals surface area contributed by atoms with Crippen LogP contribution in [0.25, 0.3) is 0 Å². The van der Waals surface area contributed by atoms with E-state index in [-0.39, 0.29) is 29.6 Å². The van der Waals surface area contributed by atoms with Crippen LogP contribution in [-0.4, -0.2) is 60.8 Å². The minimum absolute atomic E-state index is 0.0139. The molecule has 0 amide bonds. The Morgan fingerprint density at radius 1 is 0.500 bits per heavy atom. The minimum atomic E-state index is -0.564. The molecule has 60 heavy (non-hydrogen) atoms. The topological polar surface area (TPSA) is 90.0 Å². The molecule has 1 aromatic rings. The van der Waals surface area contributed by atoms with Gasteiger partial charge in [0.25, 0.3) is 0 Å². The molecule has 0 saturated carbocycles. The molecule has 344 valence electrons. The number of ketones is 2. The first-order chi connectivity index (χ1) is 29.4. The summed E-state index contributed by atoms with van der Waals surface area (Å²) >= 11 is 0. The van der Waals surface area contributed by atoms with Gasteiger partial charge in [-0.3, -0.25) is 19.2 Å². The van der Waals surface area contributed by atoms with E-state index < -0.39 is 5.92 Å². The molecule has 0 spiro atoms. The van der Waals surface area contributed by atoms with Crippen LogP contribution in [-0.2, 0) is 19.1 Å². The maximum atomic E-state index is 13.1. The van der Waals surface area contributed by atoms with E-state index in [1.807, 2.05) is 12.1 Å². The molecule has 2 rings (SSSR count). The summed E-state index contributed by atoms with van der Waals surface area (Å²) in [5, 5.41) is 0. The van der Waals surface area contributed by atoms with Crippen molar-refractivity contribution in [2.75, 3.05) is 26.2 Å². The monoisotopic (exact) mass is 838 g/mol. The summed E-state index contributed by atoms with van der Waals surface area (Å²) in [6.07, 6.45) is 37.7. The second-order valence-corrected chi connectivity index (χ2v) is 18.1. The lowest BCUT2D eigenvalue weighted by molar-refractivity contribution is -0.150. The normalized spacial score (nSPS) is 12.9. The fourth-order valence-corrected chi connectivity index (χ4v) is 8.72. The molecule has 0 aromatic heterocycles. The van der Waals surface area contributed by atoms with Crippen molar-refractivity contribution in [3.05, 3.63) is 35.4 Å². The summed E-state index contributed by atoms with van der Waals surface area (Å²) in [6.45, 7) is 9.95. The molecule has 0 bridgehead atoms. The molecule has 7 heteroatoms. The van der Waals surface area contributed by atoms with Crippen molar-refractivity contribution in [3.63, 3.8) is 0 Å². The third-order valence-electron chi connectivity index (χ3n) is 12.6. The van der Waals surface area contributed by atoms with Gasteiger partial charge in [0.05, 0.1) is 12.5 Å². The quantitative estimate of drug-likeness (QED) is 0.0368. The van der Waals surface area contributed by atoms with Gasteiger partial charge in [-0.05, 0) is 83.8 Å². The molecule has 0 saturated heterocycles. The van der Waals surface area contributed by atoms with Crippen LogP contribution in [0.15, 0.2) is 24.3 Å². The number of hydrogen-bond acceptors (Lipinski definition) is 7. The highest BCUT2D eigenvalue weighted by Gasteiger charge is 2.37. The van der Waals surface area contributed by atoms with Gasteiger partial charge < -0.3 is 14.4 Å². The first-order valence-electron chi connectivity index (χ1n) is 25.7. The van der Waals surface area contributed by atoms with Crippen LogP contribution in [0.4, 0.5) is 0 Å². The van der Waals surface area contributed by atoms with Crippen LogP contribution in [0.2, 0.25) is 0 Å². The van der Waals surface area contributed by atoms with E-state index in [4.69, 9.17) is 9.47 Å². The van der Waals surface area contributed by atoms with Gasteiger partial charge in [-0.25, -0.2) is 0 Å². The SMILES string of the molecule is CCCCCCCCCOC(=O)CCCCCCCN(CCCCCCCC(=O)OC(CCCCCCCC)CCCCCCCC)CCC1C(=O)c2ccccc2C1=O. The van der Waals surface area contributed by atoms with Crippen molar-refractivity contribution in [2.24, 2.45) is 5.92 Å². The van der Waals surface area contributed by atoms with E-state index in [0.29, 0.717) is 37.0 Å². The van der Waals surface area contributed by atoms with Crippen LogP contribution in [0.5, 0.6) is 0 Å². The molecular weight excluding hydrogens is 747 g/mol. The fraction of sp³-hybridized carbons (Fsp3) is 0.811. The summed E-state index contributed by atoms with van der Waals surface area (Å²) in [5.41, 5.74) is 1.16. The average molecular weight is 838 g/mol. The number of fused-ring (bicyclic) bond motifs is 1. The molecule has 0 fully saturated rings. The van der Waals surface area contributed by atoms with Crippen molar-refractivity contribution in [3.8, 4) is 0 Å². The van der Waals surface area contributed by atoms with E-state index in [1.165, 1.54) is 96.3 Å². The van der Waals surface area contributed by atoms with Gasteiger partial charge in [0.2, 0.25) is 0 Å². The van der Waals surface area contributed by atoms with Crippen molar-refractivity contribution in [1.82, 2.24) is 4.90 Å². The van der Waals surface area contributed by atoms with E-state index in [2.05, 4.69) is 25.7 Å². The number of carbonyl (C=O) groups excluding carboxylic acids is 4. The lowest BCUT2D eigenvalue weighted by Gasteiger charge is -2.23. The zero-order chi connectivity index (χ0) is 43.3. The van der Waals surface area contributed by atoms with Crippen LogP contribution < -0.4 is 0 Å². The zero-order valence-corrected chi connectivity index (χ0v) is 39.2. The summed E-state index contributed by atoms with van der Waals surface area (Å²) in [6, 6.07) is 7.25. The van der Waals surface area contributed by atoms with Gasteiger partial charge in [-0.2, -0.15) is 0 Å². The number of benzene rings is 1. The molecule has 0 N–H and O–H groups in total. The Labute approximate surface area is 368 Å². The van der Waals surface area contributed by atoms with Gasteiger partial charge in [0, 0.05) is 24.0 Å². The number of Topliss-reactive ketones (excluding diaryl/α,β-unsaturated/α-hetero) is 2. The Balaban J connectivity index is 1.69. The van der Waals surface area contributed by atoms with Gasteiger partial charge >= 0.3 is 11.9 Å². The largest absolute Gasteiger partial charge is 0.466 e. The Bertz CT molecular complexity index is 1200. The van der Waals surface area contributed by atoms with E-state index in [0.717, 1.165) is 122 Å². The molecule has 0 atom stereocenters. The maximum absolute atomic E-state index is 13.1. The zero-order valence-electron chi connectivity index (χ0n) is 39.2. The van der Waals surface area contributed by atoms with Crippen molar-refractivity contribution in [1.29, 1.82) is 0 Å². The number of rotatable bonds is 42. The molecule has 0 aliphatic heterocycles. The number of unbranched alkanes of at least 4 members (excludes halogenated alkanes) is 24. The van der Waals surface area contributed by atoms with Crippen LogP contribution in [0.1, 0.15) is 260 Å². The van der Waals surface area contributed by atoms with Crippen LogP contribution >= 0.6 is 0 Å². The molecule has 1 aliphatic carbocycles. The van der Waals surface area contributed by atoms with E-state index in [1.54, 1.807) is 12.1 Å². The molecule has 1 aromatic carbocycles. The molecule has 0 heterocycles. The first kappa shape index (κ1) is 53.6. The Hall–Kier alpha value is -2.54. The maximum Gasteiger partial charge on any atom is 0.306 e. The van der Waals surface area contributed by atoms with Gasteiger partial charge in [0.1, 0.15) is 6.10 Å². The van der Waals surface area contributed by atoms with Crippen molar-refractivity contribution >= 4 is 23.5 Å². The first-order valence-corrected chi connectivity index (χ1v) is 25.7.